The third-order valence-electron chi connectivity index (χ3n) is 7.84. The van der Waals surface area contributed by atoms with E-state index in [1.54, 1.807) is 24.3 Å². The Bertz CT molecular complexity index is 1480. The number of hydrogen-bond acceptors (Lipinski definition) is 7. The molecule has 2 bridgehead atoms. The lowest BCUT2D eigenvalue weighted by molar-refractivity contribution is 0.128. The summed E-state index contributed by atoms with van der Waals surface area (Å²) < 4.78 is 58.0. The van der Waals surface area contributed by atoms with E-state index in [2.05, 4.69) is 4.90 Å². The summed E-state index contributed by atoms with van der Waals surface area (Å²) in [7, 11) is -4.14. The molecule has 0 saturated carbocycles. The van der Waals surface area contributed by atoms with Gasteiger partial charge in [0.1, 0.15) is 41.0 Å². The van der Waals surface area contributed by atoms with Crippen molar-refractivity contribution < 1.29 is 31.6 Å². The van der Waals surface area contributed by atoms with Gasteiger partial charge in [-0.2, -0.15) is 8.42 Å². The first-order valence-electron chi connectivity index (χ1n) is 13.7. The maximum atomic E-state index is 13.7. The standard InChI is InChI=1S/C31H32FNO6S/c32-23-5-4-6-26(19-23)39-40(35,36)28-20-27-29(21-7-11-24(34)12-8-21)30(31(28)38-27)22-9-13-25(14-10-22)37-18-17-33-15-2-1-3-16-33/h4-14,19,27-28,31,34H,1-3,15-18,20H2/t27-,28+,31+/m0/s1. The van der Waals surface area contributed by atoms with E-state index < -0.39 is 33.4 Å². The third kappa shape index (κ3) is 5.59. The van der Waals surface area contributed by atoms with Gasteiger partial charge in [0.15, 0.2) is 0 Å². The predicted octanol–water partition coefficient (Wildman–Crippen LogP) is 5.26. The Hall–Kier alpha value is -3.40. The van der Waals surface area contributed by atoms with E-state index >= 15 is 0 Å². The SMILES string of the molecule is O=S(=O)(Oc1cccc(F)c1)[C@@H]1C[C@@H]2O[C@H]1C(c1ccc(OCCN3CCCCC3)cc1)=C2c1ccc(O)cc1. The Morgan fingerprint density at radius 3 is 2.33 bits per heavy atom. The van der Waals surface area contributed by atoms with Gasteiger partial charge in [-0.25, -0.2) is 4.39 Å². The molecule has 3 heterocycles. The van der Waals surface area contributed by atoms with E-state index in [9.17, 15) is 17.9 Å². The summed E-state index contributed by atoms with van der Waals surface area (Å²) in [5, 5.41) is 8.86. The van der Waals surface area contributed by atoms with E-state index in [1.807, 2.05) is 24.3 Å². The number of fused-ring (bicyclic) bond motifs is 2. The minimum absolute atomic E-state index is 0.0712. The van der Waals surface area contributed by atoms with Gasteiger partial charge in [0.25, 0.3) is 0 Å². The molecule has 3 aromatic rings. The fourth-order valence-electron chi connectivity index (χ4n) is 5.91. The van der Waals surface area contributed by atoms with Crippen molar-refractivity contribution in [3.8, 4) is 17.2 Å². The normalized spacial score (nSPS) is 23.0. The van der Waals surface area contributed by atoms with Gasteiger partial charge in [0.05, 0.1) is 6.10 Å². The summed E-state index contributed by atoms with van der Waals surface area (Å²) in [5.41, 5.74) is 3.33. The number of aromatic hydroxyl groups is 1. The zero-order valence-corrected chi connectivity index (χ0v) is 22.9. The van der Waals surface area contributed by atoms with Crippen LogP contribution in [0.25, 0.3) is 11.1 Å². The van der Waals surface area contributed by atoms with Gasteiger partial charge >= 0.3 is 10.1 Å². The molecule has 40 heavy (non-hydrogen) atoms. The zero-order valence-electron chi connectivity index (χ0n) is 22.0. The number of likely N-dealkylation sites (tertiary alicyclic amines) is 1. The molecule has 7 nitrogen and oxygen atoms in total. The Morgan fingerprint density at radius 1 is 0.900 bits per heavy atom. The summed E-state index contributed by atoms with van der Waals surface area (Å²) in [6.45, 7) is 3.73. The highest BCUT2D eigenvalue weighted by Gasteiger charge is 2.53. The number of phenols is 1. The minimum atomic E-state index is -4.14. The van der Waals surface area contributed by atoms with E-state index in [0.29, 0.717) is 6.61 Å². The number of halogens is 1. The molecule has 2 saturated heterocycles. The van der Waals surface area contributed by atoms with Crippen LogP contribution in [0.5, 0.6) is 17.2 Å². The molecular weight excluding hydrogens is 533 g/mol. The molecule has 0 unspecified atom stereocenters. The van der Waals surface area contributed by atoms with Crippen molar-refractivity contribution in [2.75, 3.05) is 26.2 Å². The van der Waals surface area contributed by atoms with Crippen LogP contribution in [-0.2, 0) is 14.9 Å². The van der Waals surface area contributed by atoms with Gasteiger partial charge in [0.2, 0.25) is 0 Å². The lowest BCUT2D eigenvalue weighted by Crippen LogP contribution is -2.35. The molecule has 2 fully saturated rings. The molecule has 0 radical (unpaired) electrons. The number of nitrogens with zero attached hydrogens (tertiary/aromatic N) is 1. The van der Waals surface area contributed by atoms with Crippen molar-refractivity contribution in [1.82, 2.24) is 4.90 Å². The summed E-state index contributed by atoms with van der Waals surface area (Å²) in [4.78, 5) is 2.42. The average Bonchev–Trinajstić information content (AvgIpc) is 3.55. The van der Waals surface area contributed by atoms with E-state index in [1.165, 1.54) is 37.5 Å². The van der Waals surface area contributed by atoms with Crippen LogP contribution in [0.15, 0.2) is 72.8 Å². The van der Waals surface area contributed by atoms with Crippen molar-refractivity contribution in [2.24, 2.45) is 0 Å². The number of rotatable bonds is 9. The summed E-state index contributed by atoms with van der Waals surface area (Å²) in [5.74, 6) is 0.239. The van der Waals surface area contributed by atoms with Gasteiger partial charge < -0.3 is 18.8 Å². The van der Waals surface area contributed by atoms with Crippen LogP contribution in [0, 0.1) is 5.82 Å². The smallest absolute Gasteiger partial charge is 0.315 e. The first kappa shape index (κ1) is 26.8. The second-order valence-corrected chi connectivity index (χ2v) is 12.3. The van der Waals surface area contributed by atoms with Crippen LogP contribution in [0.2, 0.25) is 0 Å². The van der Waals surface area contributed by atoms with Gasteiger partial charge in [0, 0.05) is 19.0 Å². The molecule has 9 heteroatoms. The molecule has 0 aromatic heterocycles. The monoisotopic (exact) mass is 565 g/mol. The molecule has 0 spiro atoms. The Kier molecular flexibility index (Phi) is 7.53. The fourth-order valence-corrected chi connectivity index (χ4v) is 7.32. The van der Waals surface area contributed by atoms with Crippen LogP contribution < -0.4 is 8.92 Å². The maximum Gasteiger partial charge on any atom is 0.315 e. The molecule has 6 rings (SSSR count). The number of benzene rings is 3. The van der Waals surface area contributed by atoms with Crippen LogP contribution in [0.4, 0.5) is 4.39 Å². The first-order chi connectivity index (χ1) is 19.4. The van der Waals surface area contributed by atoms with Gasteiger partial charge in [-0.05, 0) is 84.6 Å². The van der Waals surface area contributed by atoms with Gasteiger partial charge in [-0.15, -0.1) is 0 Å². The lowest BCUT2D eigenvalue weighted by atomic mass is 9.83. The number of phenolic OH excluding ortho intramolecular Hbond substituents is 1. The Labute approximate surface area is 233 Å². The number of piperidine rings is 1. The third-order valence-corrected chi connectivity index (χ3v) is 9.45. The second-order valence-electron chi connectivity index (χ2n) is 10.5. The van der Waals surface area contributed by atoms with Crippen molar-refractivity contribution in [3.05, 3.63) is 89.7 Å². The second kappa shape index (κ2) is 11.2. The zero-order chi connectivity index (χ0) is 27.7. The minimum Gasteiger partial charge on any atom is -0.508 e. The average molecular weight is 566 g/mol. The number of hydrogen-bond donors (Lipinski definition) is 1. The van der Waals surface area contributed by atoms with E-state index in [-0.39, 0.29) is 17.9 Å². The largest absolute Gasteiger partial charge is 0.508 e. The fraction of sp³-hybridized carbons (Fsp3) is 0.355. The highest BCUT2D eigenvalue weighted by Crippen LogP contribution is 2.51. The predicted molar refractivity (Wildman–Crippen MR) is 150 cm³/mol. The molecule has 0 aliphatic carbocycles. The molecule has 3 aromatic carbocycles. The summed E-state index contributed by atoms with van der Waals surface area (Å²) in [6.07, 6.45) is 2.74. The first-order valence-corrected chi connectivity index (χ1v) is 15.2. The lowest BCUT2D eigenvalue weighted by Gasteiger charge is -2.26. The van der Waals surface area contributed by atoms with E-state index in [4.69, 9.17) is 13.7 Å². The molecule has 3 atom stereocenters. The quantitative estimate of drug-likeness (QED) is 0.355. The number of ether oxygens (including phenoxy) is 2. The van der Waals surface area contributed by atoms with Crippen molar-refractivity contribution >= 4 is 21.3 Å². The molecular formula is C31H32FNO6S. The van der Waals surface area contributed by atoms with Gasteiger partial charge in [-0.3, -0.25) is 4.90 Å². The van der Waals surface area contributed by atoms with E-state index in [0.717, 1.165) is 53.7 Å². The molecule has 210 valence electrons. The summed E-state index contributed by atoms with van der Waals surface area (Å²) in [6, 6.07) is 19.6. The maximum absolute atomic E-state index is 13.7. The van der Waals surface area contributed by atoms with Crippen molar-refractivity contribution in [3.63, 3.8) is 0 Å². The Morgan fingerprint density at radius 2 is 1.60 bits per heavy atom. The summed E-state index contributed by atoms with van der Waals surface area (Å²) >= 11 is 0. The molecule has 0 amide bonds. The van der Waals surface area contributed by atoms with Crippen LogP contribution >= 0.6 is 0 Å². The molecule has 1 N–H and O–H groups in total. The van der Waals surface area contributed by atoms with Crippen molar-refractivity contribution in [1.29, 1.82) is 0 Å². The molecule has 3 aliphatic heterocycles. The van der Waals surface area contributed by atoms with Crippen LogP contribution in [0.1, 0.15) is 36.8 Å². The van der Waals surface area contributed by atoms with Gasteiger partial charge in [-0.1, -0.05) is 36.8 Å². The molecule has 3 aliphatic rings. The van der Waals surface area contributed by atoms with Crippen LogP contribution in [-0.4, -0.2) is 62.1 Å². The topological polar surface area (TPSA) is 85.3 Å². The highest BCUT2D eigenvalue weighted by molar-refractivity contribution is 7.87. The van der Waals surface area contributed by atoms with Crippen molar-refractivity contribution in [2.45, 2.75) is 43.1 Å². The highest BCUT2D eigenvalue weighted by atomic mass is 32.2. The Balaban J connectivity index is 1.26. The van der Waals surface area contributed by atoms with Crippen LogP contribution in [0.3, 0.4) is 0 Å².